The van der Waals surface area contributed by atoms with Crippen LogP contribution in [0.1, 0.15) is 45.7 Å². The van der Waals surface area contributed by atoms with Crippen molar-refractivity contribution >= 4 is 28.1 Å². The standard InChI is InChI=1S/C23H17FN4O3/c24-13-1-2-17-12(5-13)6-18-14-8-19-16(7-15(14)23(30)28(17)18)26-22(29)20-9-25-21(27(19)20)11-3-4-31-10-11/h1-2,5,7-9,11,18H,3-4,6,10H2,(H,26,29). The van der Waals surface area contributed by atoms with E-state index in [0.29, 0.717) is 36.2 Å². The molecule has 2 unspecified atom stereocenters. The number of hydrogen-bond donors (Lipinski definition) is 1. The molecule has 4 aromatic rings. The maximum Gasteiger partial charge on any atom is 0.274 e. The van der Waals surface area contributed by atoms with Crippen LogP contribution >= 0.6 is 0 Å². The van der Waals surface area contributed by atoms with Crippen molar-refractivity contribution in [1.29, 1.82) is 0 Å². The Morgan fingerprint density at radius 3 is 2.90 bits per heavy atom. The van der Waals surface area contributed by atoms with Gasteiger partial charge in [0, 0.05) is 23.8 Å². The van der Waals surface area contributed by atoms with Crippen LogP contribution in [0.4, 0.5) is 10.1 Å². The van der Waals surface area contributed by atoms with Crippen LogP contribution in [-0.2, 0) is 11.2 Å². The first kappa shape index (κ1) is 17.2. The highest BCUT2D eigenvalue weighted by atomic mass is 19.1. The lowest BCUT2D eigenvalue weighted by molar-refractivity contribution is 0.0993. The molecule has 0 spiro atoms. The Morgan fingerprint density at radius 2 is 2.06 bits per heavy atom. The average Bonchev–Trinajstić information content (AvgIpc) is 3.52. The smallest absolute Gasteiger partial charge is 0.274 e. The Kier molecular flexibility index (Phi) is 3.21. The molecule has 0 saturated carbocycles. The van der Waals surface area contributed by atoms with E-state index in [4.69, 9.17) is 4.74 Å². The van der Waals surface area contributed by atoms with Gasteiger partial charge >= 0.3 is 0 Å². The number of nitrogens with zero attached hydrogens (tertiary/aromatic N) is 3. The van der Waals surface area contributed by atoms with Crippen LogP contribution in [0.3, 0.4) is 0 Å². The number of carbonyl (C=O) groups excluding carboxylic acids is 1. The number of carbonyl (C=O) groups is 1. The Labute approximate surface area is 175 Å². The fourth-order valence-corrected chi connectivity index (χ4v) is 5.39. The van der Waals surface area contributed by atoms with E-state index in [1.165, 1.54) is 12.1 Å². The van der Waals surface area contributed by atoms with Crippen LogP contribution in [0, 0.1) is 5.82 Å². The number of anilines is 1. The van der Waals surface area contributed by atoms with Crippen molar-refractivity contribution in [3.8, 4) is 0 Å². The number of nitrogens with one attached hydrogen (secondary N) is 1. The van der Waals surface area contributed by atoms with Crippen molar-refractivity contribution in [2.45, 2.75) is 24.8 Å². The molecule has 1 N–H and O–H groups in total. The van der Waals surface area contributed by atoms with Gasteiger partial charge in [0.05, 0.1) is 29.9 Å². The molecule has 2 aromatic heterocycles. The number of amides is 1. The Morgan fingerprint density at radius 1 is 1.16 bits per heavy atom. The van der Waals surface area contributed by atoms with Gasteiger partial charge in [-0.15, -0.1) is 0 Å². The number of benzene rings is 2. The van der Waals surface area contributed by atoms with Gasteiger partial charge in [-0.05, 0) is 54.3 Å². The summed E-state index contributed by atoms with van der Waals surface area (Å²) >= 11 is 0. The molecule has 7 rings (SSSR count). The van der Waals surface area contributed by atoms with Gasteiger partial charge in [0.1, 0.15) is 17.2 Å². The second kappa shape index (κ2) is 5.79. The Balaban J connectivity index is 1.48. The van der Waals surface area contributed by atoms with Crippen molar-refractivity contribution in [3.05, 3.63) is 75.2 Å². The third-order valence-electron chi connectivity index (χ3n) is 6.81. The maximum absolute atomic E-state index is 13.8. The van der Waals surface area contributed by atoms with Gasteiger partial charge in [0.25, 0.3) is 11.5 Å². The van der Waals surface area contributed by atoms with Gasteiger partial charge in [0.15, 0.2) is 0 Å². The first-order valence-corrected chi connectivity index (χ1v) is 10.4. The van der Waals surface area contributed by atoms with E-state index in [1.807, 2.05) is 10.5 Å². The number of ether oxygens (including phenoxy) is 1. The zero-order valence-electron chi connectivity index (χ0n) is 16.4. The number of imidazole rings is 1. The molecular formula is C23H17FN4O3. The quantitative estimate of drug-likeness (QED) is 0.517. The molecule has 0 aliphatic carbocycles. The lowest BCUT2D eigenvalue weighted by Gasteiger charge is -2.16. The predicted octanol–water partition coefficient (Wildman–Crippen LogP) is 3.08. The van der Waals surface area contributed by atoms with Crippen molar-refractivity contribution in [1.82, 2.24) is 14.4 Å². The number of H-pyrrole nitrogens is 1. The number of fused-ring (bicyclic) bond motifs is 8. The lowest BCUT2D eigenvalue weighted by Crippen LogP contribution is -2.23. The highest BCUT2D eigenvalue weighted by Gasteiger charge is 2.43. The van der Waals surface area contributed by atoms with Gasteiger partial charge in [-0.25, -0.2) is 9.37 Å². The number of hydrogen-bond acceptors (Lipinski definition) is 4. The molecule has 1 fully saturated rings. The molecule has 0 radical (unpaired) electrons. The van der Waals surface area contributed by atoms with Crippen LogP contribution in [0.25, 0.3) is 16.6 Å². The van der Waals surface area contributed by atoms with Crippen LogP contribution in [0.2, 0.25) is 0 Å². The van der Waals surface area contributed by atoms with Crippen molar-refractivity contribution in [2.75, 3.05) is 18.1 Å². The van der Waals surface area contributed by atoms with Gasteiger partial charge in [-0.1, -0.05) is 0 Å². The highest BCUT2D eigenvalue weighted by Crippen LogP contribution is 2.47. The van der Waals surface area contributed by atoms with Crippen LogP contribution < -0.4 is 10.5 Å². The summed E-state index contributed by atoms with van der Waals surface area (Å²) in [6, 6.07) is 8.14. The van der Waals surface area contributed by atoms with Gasteiger partial charge in [-0.3, -0.25) is 14.0 Å². The summed E-state index contributed by atoms with van der Waals surface area (Å²) in [5.74, 6) is 0.509. The zero-order chi connectivity index (χ0) is 20.9. The van der Waals surface area contributed by atoms with E-state index in [9.17, 15) is 14.0 Å². The number of aromatic nitrogens is 3. The molecule has 3 aliphatic heterocycles. The van der Waals surface area contributed by atoms with E-state index < -0.39 is 0 Å². The first-order chi connectivity index (χ1) is 15.1. The van der Waals surface area contributed by atoms with E-state index in [1.54, 1.807) is 23.2 Å². The van der Waals surface area contributed by atoms with Crippen LogP contribution in [0.5, 0.6) is 0 Å². The number of aromatic amines is 1. The molecule has 154 valence electrons. The second-order valence-electron chi connectivity index (χ2n) is 8.48. The highest BCUT2D eigenvalue weighted by molar-refractivity contribution is 6.14. The number of rotatable bonds is 1. The summed E-state index contributed by atoms with van der Waals surface area (Å²) in [6.45, 7) is 1.25. The molecule has 5 heterocycles. The minimum Gasteiger partial charge on any atom is -0.381 e. The van der Waals surface area contributed by atoms with E-state index >= 15 is 0 Å². The summed E-state index contributed by atoms with van der Waals surface area (Å²) in [5, 5.41) is 0. The van der Waals surface area contributed by atoms with Gasteiger partial charge in [-0.2, -0.15) is 0 Å². The maximum atomic E-state index is 13.8. The topological polar surface area (TPSA) is 79.7 Å². The number of halogens is 1. The van der Waals surface area contributed by atoms with Crippen molar-refractivity contribution < 1.29 is 13.9 Å². The predicted molar refractivity (Wildman–Crippen MR) is 111 cm³/mol. The van der Waals surface area contributed by atoms with Crippen molar-refractivity contribution in [3.63, 3.8) is 0 Å². The summed E-state index contributed by atoms with van der Waals surface area (Å²) in [6.07, 6.45) is 3.02. The van der Waals surface area contributed by atoms with Crippen LogP contribution in [0.15, 0.2) is 41.3 Å². The Hall–Kier alpha value is -3.52. The molecule has 2 atom stereocenters. The lowest BCUT2D eigenvalue weighted by atomic mass is 9.99. The molecule has 3 aliphatic rings. The second-order valence-corrected chi connectivity index (χ2v) is 8.48. The fourth-order valence-electron chi connectivity index (χ4n) is 5.39. The molecule has 2 aromatic carbocycles. The fraction of sp³-hybridized carbons (Fsp3) is 0.261. The van der Waals surface area contributed by atoms with E-state index in [-0.39, 0.29) is 29.2 Å². The third kappa shape index (κ3) is 2.17. The normalized spacial score (nSPS) is 21.8. The molecule has 7 nitrogen and oxygen atoms in total. The minimum absolute atomic E-state index is 0.122. The molecule has 1 saturated heterocycles. The average molecular weight is 416 g/mol. The monoisotopic (exact) mass is 416 g/mol. The SMILES string of the molecule is O=C1c2cc3[nH]c(=O)c4cnc(C5CCOC5)n4c3cc2C2Cc3cc(F)ccc3N12. The van der Waals surface area contributed by atoms with Crippen LogP contribution in [-0.4, -0.2) is 33.5 Å². The van der Waals surface area contributed by atoms with Crippen molar-refractivity contribution in [2.24, 2.45) is 0 Å². The molecule has 0 bridgehead atoms. The molecular weight excluding hydrogens is 399 g/mol. The largest absolute Gasteiger partial charge is 0.381 e. The molecule has 8 heteroatoms. The van der Waals surface area contributed by atoms with E-state index in [2.05, 4.69) is 9.97 Å². The van der Waals surface area contributed by atoms with Gasteiger partial charge < -0.3 is 14.6 Å². The summed E-state index contributed by atoms with van der Waals surface area (Å²) in [5.41, 5.74) is 4.71. The third-order valence-corrected chi connectivity index (χ3v) is 6.81. The van der Waals surface area contributed by atoms with E-state index in [0.717, 1.165) is 34.6 Å². The van der Waals surface area contributed by atoms with Gasteiger partial charge in [0.2, 0.25) is 0 Å². The molecule has 1 amide bonds. The summed E-state index contributed by atoms with van der Waals surface area (Å²) in [4.78, 5) is 35.2. The molecule has 31 heavy (non-hydrogen) atoms. The zero-order valence-corrected chi connectivity index (χ0v) is 16.4. The Bertz CT molecular complexity index is 1500. The minimum atomic E-state index is -0.299. The summed E-state index contributed by atoms with van der Waals surface area (Å²) < 4.78 is 21.2. The first-order valence-electron chi connectivity index (χ1n) is 10.4. The summed E-state index contributed by atoms with van der Waals surface area (Å²) in [7, 11) is 0.